The zero-order valence-corrected chi connectivity index (χ0v) is 27.4. The molecule has 1 fully saturated rings. The van der Waals surface area contributed by atoms with Gasteiger partial charge in [0.25, 0.3) is 0 Å². The number of rotatable bonds is 14. The van der Waals surface area contributed by atoms with E-state index in [0.29, 0.717) is 5.52 Å². The SMILES string of the molecule is CCC(=O)O[C@H]1[C@H](c2ccc3c(N)ncnn23)O[C@](C#N)(COP(=O)(NC(C)C(=O)OC(C)C)Oc2ccccc2)[C@H]1OC(=O)CC. The topological polar surface area (TPSA) is 216 Å². The summed E-state index contributed by atoms with van der Waals surface area (Å²) >= 11 is 0. The lowest BCUT2D eigenvalue weighted by atomic mass is 9.95. The third kappa shape index (κ3) is 8.06. The molecule has 1 aliphatic rings. The first-order valence-corrected chi connectivity index (χ1v) is 16.4. The van der Waals surface area contributed by atoms with Crippen LogP contribution in [-0.4, -0.2) is 69.1 Å². The molecule has 0 radical (unpaired) electrons. The van der Waals surface area contributed by atoms with Gasteiger partial charge in [0.15, 0.2) is 18.0 Å². The molecule has 3 N–H and O–H groups in total. The second-order valence-electron chi connectivity index (χ2n) is 10.8. The Morgan fingerprint density at radius 1 is 1.11 bits per heavy atom. The number of ether oxygens (including phenoxy) is 4. The van der Waals surface area contributed by atoms with Crippen LogP contribution < -0.4 is 15.3 Å². The number of esters is 3. The van der Waals surface area contributed by atoms with E-state index in [9.17, 15) is 24.2 Å². The fraction of sp³-hybridized carbons (Fsp3) is 0.467. The summed E-state index contributed by atoms with van der Waals surface area (Å²) in [6.07, 6.45) is -3.64. The van der Waals surface area contributed by atoms with Gasteiger partial charge in [0, 0.05) is 12.8 Å². The Morgan fingerprint density at radius 2 is 1.79 bits per heavy atom. The molecule has 0 spiro atoms. The molecule has 6 atom stereocenters. The lowest BCUT2D eigenvalue weighted by molar-refractivity contribution is -0.169. The van der Waals surface area contributed by atoms with Gasteiger partial charge in [0.05, 0.1) is 11.8 Å². The molecule has 252 valence electrons. The molecule has 4 rings (SSSR count). The van der Waals surface area contributed by atoms with Gasteiger partial charge in [-0.15, -0.1) is 0 Å². The van der Waals surface area contributed by atoms with Gasteiger partial charge in [-0.25, -0.2) is 14.1 Å². The number of para-hydroxylation sites is 1. The van der Waals surface area contributed by atoms with Crippen molar-refractivity contribution < 1.29 is 46.9 Å². The quantitative estimate of drug-likeness (QED) is 0.142. The number of nitrogens with one attached hydrogen (secondary N) is 1. The number of anilines is 1. The first kappa shape index (κ1) is 35.3. The van der Waals surface area contributed by atoms with Crippen LogP contribution in [0.5, 0.6) is 5.75 Å². The maximum atomic E-state index is 14.3. The second-order valence-corrected chi connectivity index (χ2v) is 12.5. The monoisotopic (exact) mass is 672 g/mol. The number of nitriles is 1. The van der Waals surface area contributed by atoms with Gasteiger partial charge in [0.2, 0.25) is 5.60 Å². The summed E-state index contributed by atoms with van der Waals surface area (Å²) in [5, 5.41) is 17.4. The molecule has 0 saturated carbocycles. The Labute approximate surface area is 271 Å². The highest BCUT2D eigenvalue weighted by molar-refractivity contribution is 7.52. The molecular formula is C30H37N6O10P. The summed E-state index contributed by atoms with van der Waals surface area (Å²) < 4.78 is 50.1. The van der Waals surface area contributed by atoms with Crippen molar-refractivity contribution in [1.82, 2.24) is 19.7 Å². The number of carbonyl (C=O) groups excluding carboxylic acids is 3. The van der Waals surface area contributed by atoms with Crippen molar-refractivity contribution in [2.24, 2.45) is 0 Å². The van der Waals surface area contributed by atoms with E-state index in [4.69, 9.17) is 33.7 Å². The van der Waals surface area contributed by atoms with Crippen LogP contribution in [0, 0.1) is 11.3 Å². The number of hydrogen-bond acceptors (Lipinski definition) is 14. The van der Waals surface area contributed by atoms with E-state index < -0.39 is 68.3 Å². The van der Waals surface area contributed by atoms with Crippen LogP contribution in [0.3, 0.4) is 0 Å². The fourth-order valence-electron chi connectivity index (χ4n) is 4.70. The van der Waals surface area contributed by atoms with Crippen molar-refractivity contribution in [3.8, 4) is 11.8 Å². The maximum Gasteiger partial charge on any atom is 0.459 e. The van der Waals surface area contributed by atoms with Crippen molar-refractivity contribution in [2.45, 2.75) is 83.5 Å². The Bertz CT molecular complexity index is 1680. The number of nitrogens with two attached hydrogens (primary N) is 1. The van der Waals surface area contributed by atoms with Crippen LogP contribution in [-0.2, 0) is 42.4 Å². The summed E-state index contributed by atoms with van der Waals surface area (Å²) in [7, 11) is -4.52. The van der Waals surface area contributed by atoms with E-state index in [-0.39, 0.29) is 30.1 Å². The predicted octanol–water partition coefficient (Wildman–Crippen LogP) is 3.42. The van der Waals surface area contributed by atoms with E-state index in [1.165, 1.54) is 36.8 Å². The first-order valence-electron chi connectivity index (χ1n) is 14.9. The van der Waals surface area contributed by atoms with Crippen LogP contribution in [0.1, 0.15) is 59.3 Å². The van der Waals surface area contributed by atoms with E-state index in [0.717, 1.165) is 0 Å². The van der Waals surface area contributed by atoms with Gasteiger partial charge in [-0.2, -0.15) is 15.4 Å². The number of fused-ring (bicyclic) bond motifs is 1. The van der Waals surface area contributed by atoms with Crippen LogP contribution in [0.2, 0.25) is 0 Å². The fourth-order valence-corrected chi connectivity index (χ4v) is 6.22. The van der Waals surface area contributed by atoms with E-state index in [1.807, 2.05) is 6.07 Å². The zero-order chi connectivity index (χ0) is 34.4. The summed E-state index contributed by atoms with van der Waals surface area (Å²) in [5.74, 6) is -1.90. The van der Waals surface area contributed by atoms with Gasteiger partial charge >= 0.3 is 25.7 Å². The van der Waals surface area contributed by atoms with Gasteiger partial charge in [-0.1, -0.05) is 32.0 Å². The normalized spacial score (nSPS) is 22.6. The molecule has 1 aliphatic heterocycles. The molecular weight excluding hydrogens is 635 g/mol. The van der Waals surface area contributed by atoms with E-state index >= 15 is 0 Å². The van der Waals surface area contributed by atoms with E-state index in [2.05, 4.69) is 15.2 Å². The molecule has 16 nitrogen and oxygen atoms in total. The van der Waals surface area contributed by atoms with Gasteiger partial charge < -0.3 is 29.2 Å². The zero-order valence-electron chi connectivity index (χ0n) is 26.5. The highest BCUT2D eigenvalue weighted by Crippen LogP contribution is 2.50. The van der Waals surface area contributed by atoms with Crippen LogP contribution in [0.15, 0.2) is 48.8 Å². The number of hydrogen-bond donors (Lipinski definition) is 2. The molecule has 47 heavy (non-hydrogen) atoms. The molecule has 17 heteroatoms. The number of nitrogens with zero attached hydrogens (tertiary/aromatic N) is 4. The Hall–Kier alpha value is -4.55. The Balaban J connectivity index is 1.77. The second kappa shape index (κ2) is 14.9. The van der Waals surface area contributed by atoms with Crippen molar-refractivity contribution in [2.75, 3.05) is 12.3 Å². The van der Waals surface area contributed by atoms with Gasteiger partial charge in [0.1, 0.15) is 42.4 Å². The lowest BCUT2D eigenvalue weighted by Crippen LogP contribution is -2.49. The largest absolute Gasteiger partial charge is 0.462 e. The molecule has 2 aromatic heterocycles. The Kier molecular flexibility index (Phi) is 11.2. The summed E-state index contributed by atoms with van der Waals surface area (Å²) in [6, 6.07) is 12.0. The summed E-state index contributed by atoms with van der Waals surface area (Å²) in [4.78, 5) is 42.0. The predicted molar refractivity (Wildman–Crippen MR) is 164 cm³/mol. The molecule has 2 unspecified atom stereocenters. The highest BCUT2D eigenvalue weighted by atomic mass is 31.2. The third-order valence-corrected chi connectivity index (χ3v) is 8.59. The van der Waals surface area contributed by atoms with Crippen molar-refractivity contribution in [1.29, 1.82) is 5.26 Å². The highest BCUT2D eigenvalue weighted by Gasteiger charge is 2.62. The number of aromatic nitrogens is 3. The first-order chi connectivity index (χ1) is 22.3. The minimum atomic E-state index is -4.52. The lowest BCUT2D eigenvalue weighted by Gasteiger charge is -2.30. The molecule has 0 aliphatic carbocycles. The number of nitrogen functional groups attached to an aromatic ring is 1. The molecule has 0 amide bonds. The van der Waals surface area contributed by atoms with Gasteiger partial charge in [-0.3, -0.25) is 18.9 Å². The number of carbonyl (C=O) groups is 3. The summed E-state index contributed by atoms with van der Waals surface area (Å²) in [5.41, 5.74) is 4.47. The van der Waals surface area contributed by atoms with E-state index in [1.54, 1.807) is 51.1 Å². The van der Waals surface area contributed by atoms with Crippen molar-refractivity contribution in [3.63, 3.8) is 0 Å². The average Bonchev–Trinajstić information content (AvgIpc) is 3.60. The molecule has 3 aromatic rings. The van der Waals surface area contributed by atoms with Crippen molar-refractivity contribution in [3.05, 3.63) is 54.5 Å². The third-order valence-electron chi connectivity index (χ3n) is 6.96. The average molecular weight is 673 g/mol. The Morgan fingerprint density at radius 3 is 2.43 bits per heavy atom. The maximum absolute atomic E-state index is 14.3. The standard InChI is InChI=1S/C30H37N6O10P/c1-6-23(37)43-26-25(21-13-14-22-28(32)33-17-34-36(21)22)45-30(15-31,27(26)44-24(38)7-2)16-41-47(40,46-20-11-9-8-10-12-20)35-19(5)29(39)42-18(3)4/h8-14,17-19,25-27H,6-7,16H2,1-5H3,(H,35,40)(H2,32,33,34)/t19?,25-,26-,27-,30+,47?/m0/s1. The van der Waals surface area contributed by atoms with Crippen molar-refractivity contribution >= 4 is 37.0 Å². The summed E-state index contributed by atoms with van der Waals surface area (Å²) in [6.45, 7) is 6.96. The molecule has 3 heterocycles. The smallest absolute Gasteiger partial charge is 0.459 e. The molecule has 0 bridgehead atoms. The number of benzene rings is 1. The molecule has 1 saturated heterocycles. The van der Waals surface area contributed by atoms with Gasteiger partial charge in [-0.05, 0) is 45.0 Å². The minimum absolute atomic E-state index is 0.0495. The van der Waals surface area contributed by atoms with Crippen LogP contribution in [0.4, 0.5) is 5.82 Å². The minimum Gasteiger partial charge on any atom is -0.462 e. The van der Waals surface area contributed by atoms with Crippen LogP contribution in [0.25, 0.3) is 5.52 Å². The van der Waals surface area contributed by atoms with Crippen LogP contribution >= 0.6 is 7.75 Å². The molecule has 1 aromatic carbocycles.